The summed E-state index contributed by atoms with van der Waals surface area (Å²) in [7, 11) is 0. The third-order valence-corrected chi connectivity index (χ3v) is 4.82. The van der Waals surface area contributed by atoms with Crippen LogP contribution in [0.25, 0.3) is 6.08 Å². The van der Waals surface area contributed by atoms with E-state index in [1.165, 1.54) is 12.3 Å². The Morgan fingerprint density at radius 2 is 1.57 bits per heavy atom. The van der Waals surface area contributed by atoms with Crippen molar-refractivity contribution in [3.63, 3.8) is 0 Å². The number of benzene rings is 3. The number of nitrogens with one attached hydrogen (secondary N) is 2. The van der Waals surface area contributed by atoms with Crippen molar-refractivity contribution in [1.29, 1.82) is 0 Å². The topological polar surface area (TPSA) is 106 Å². The van der Waals surface area contributed by atoms with Crippen LogP contribution in [0.15, 0.2) is 108 Å². The smallest absolute Gasteiger partial charge is 0.344 e. The number of hydrogen-bond donors (Lipinski definition) is 2. The van der Waals surface area contributed by atoms with Gasteiger partial charge in [-0.2, -0.15) is 5.10 Å². The summed E-state index contributed by atoms with van der Waals surface area (Å²) >= 11 is 0. The second-order valence-corrected chi connectivity index (χ2v) is 7.50. The zero-order chi connectivity index (χ0) is 26.3. The lowest BCUT2D eigenvalue weighted by molar-refractivity contribution is -0.145. The standard InChI is InChI=1S/C29H27N3O5/c1-2-36-27(33)21-37-26-19-10-9-17-24(26)20-30-32-29(35)25(18-11-14-22-12-5-3-6-13-22)31-28(34)23-15-7-4-8-16-23/h3-20H,2,21H2,1H3,(H,31,34)(H,32,35)/b14-11+,25-18-,30-20+. The van der Waals surface area contributed by atoms with Gasteiger partial charge in [0.05, 0.1) is 12.8 Å². The fourth-order valence-corrected chi connectivity index (χ4v) is 3.06. The highest BCUT2D eigenvalue weighted by Crippen LogP contribution is 2.15. The van der Waals surface area contributed by atoms with Gasteiger partial charge in [-0.1, -0.05) is 72.8 Å². The summed E-state index contributed by atoms with van der Waals surface area (Å²) in [4.78, 5) is 37.1. The molecule has 0 aliphatic heterocycles. The van der Waals surface area contributed by atoms with Gasteiger partial charge in [0.2, 0.25) is 0 Å². The van der Waals surface area contributed by atoms with Crippen molar-refractivity contribution in [2.75, 3.05) is 13.2 Å². The molecule has 8 nitrogen and oxygen atoms in total. The van der Waals surface area contributed by atoms with Gasteiger partial charge >= 0.3 is 5.97 Å². The number of amides is 2. The molecule has 37 heavy (non-hydrogen) atoms. The first-order valence-electron chi connectivity index (χ1n) is 11.6. The lowest BCUT2D eigenvalue weighted by Gasteiger charge is -2.09. The fraction of sp³-hybridized carbons (Fsp3) is 0.103. The molecule has 188 valence electrons. The lowest BCUT2D eigenvalue weighted by Crippen LogP contribution is -2.32. The third-order valence-electron chi connectivity index (χ3n) is 4.82. The average Bonchev–Trinajstić information content (AvgIpc) is 2.93. The van der Waals surface area contributed by atoms with Crippen LogP contribution in [0, 0.1) is 0 Å². The molecular formula is C29H27N3O5. The minimum Gasteiger partial charge on any atom is -0.481 e. The van der Waals surface area contributed by atoms with Gasteiger partial charge in [-0.05, 0) is 42.8 Å². The van der Waals surface area contributed by atoms with Crippen molar-refractivity contribution in [3.05, 3.63) is 119 Å². The number of para-hydroxylation sites is 1. The van der Waals surface area contributed by atoms with Crippen molar-refractivity contribution < 1.29 is 23.9 Å². The summed E-state index contributed by atoms with van der Waals surface area (Å²) in [6.45, 7) is 1.72. The maximum absolute atomic E-state index is 12.9. The number of esters is 1. The molecule has 0 aliphatic carbocycles. The fourth-order valence-electron chi connectivity index (χ4n) is 3.06. The molecule has 0 radical (unpaired) electrons. The number of ether oxygens (including phenoxy) is 2. The Balaban J connectivity index is 1.72. The highest BCUT2D eigenvalue weighted by Gasteiger charge is 2.13. The molecule has 0 aliphatic rings. The van der Waals surface area contributed by atoms with E-state index in [0.29, 0.717) is 16.9 Å². The van der Waals surface area contributed by atoms with Gasteiger partial charge in [-0.3, -0.25) is 9.59 Å². The molecule has 0 unspecified atom stereocenters. The molecule has 0 aromatic heterocycles. The second-order valence-electron chi connectivity index (χ2n) is 7.50. The highest BCUT2D eigenvalue weighted by molar-refractivity contribution is 6.03. The Bertz CT molecular complexity index is 1290. The van der Waals surface area contributed by atoms with E-state index in [4.69, 9.17) is 9.47 Å². The van der Waals surface area contributed by atoms with Crippen molar-refractivity contribution in [3.8, 4) is 5.75 Å². The second kappa shape index (κ2) is 14.4. The molecule has 3 rings (SSSR count). The minimum atomic E-state index is -0.622. The van der Waals surface area contributed by atoms with Crippen molar-refractivity contribution >= 4 is 30.1 Å². The predicted molar refractivity (Wildman–Crippen MR) is 142 cm³/mol. The van der Waals surface area contributed by atoms with Gasteiger partial charge in [0.25, 0.3) is 11.8 Å². The zero-order valence-corrected chi connectivity index (χ0v) is 20.3. The number of rotatable bonds is 11. The van der Waals surface area contributed by atoms with Crippen molar-refractivity contribution in [2.45, 2.75) is 6.92 Å². The first-order chi connectivity index (χ1) is 18.1. The normalized spacial score (nSPS) is 11.3. The van der Waals surface area contributed by atoms with Crippen LogP contribution in [0.4, 0.5) is 0 Å². The van der Waals surface area contributed by atoms with Crippen LogP contribution in [0.1, 0.15) is 28.4 Å². The maximum Gasteiger partial charge on any atom is 0.344 e. The molecule has 0 atom stereocenters. The lowest BCUT2D eigenvalue weighted by atomic mass is 10.2. The average molecular weight is 498 g/mol. The molecule has 2 N–H and O–H groups in total. The first-order valence-corrected chi connectivity index (χ1v) is 11.6. The van der Waals surface area contributed by atoms with E-state index < -0.39 is 17.8 Å². The van der Waals surface area contributed by atoms with E-state index in [1.54, 1.807) is 67.6 Å². The summed E-state index contributed by atoms with van der Waals surface area (Å²) < 4.78 is 10.4. The van der Waals surface area contributed by atoms with Crippen LogP contribution in [-0.2, 0) is 14.3 Å². The molecule has 8 heteroatoms. The number of allylic oxidation sites excluding steroid dienone is 2. The van der Waals surface area contributed by atoms with Gasteiger partial charge in [0.1, 0.15) is 11.4 Å². The van der Waals surface area contributed by atoms with Crippen molar-refractivity contribution in [1.82, 2.24) is 10.7 Å². The summed E-state index contributed by atoms with van der Waals surface area (Å²) in [6, 6.07) is 25.0. The van der Waals surface area contributed by atoms with Gasteiger partial charge in [-0.15, -0.1) is 0 Å². The minimum absolute atomic E-state index is 0.00466. The van der Waals surface area contributed by atoms with Crippen LogP contribution in [0.2, 0.25) is 0 Å². The largest absolute Gasteiger partial charge is 0.481 e. The number of carbonyl (C=O) groups is 3. The van der Waals surface area contributed by atoms with Crippen molar-refractivity contribution in [2.24, 2.45) is 5.10 Å². The van der Waals surface area contributed by atoms with E-state index >= 15 is 0 Å². The Hall–Kier alpha value is -4.98. The SMILES string of the molecule is CCOC(=O)COc1ccccc1/C=N/NC(=O)/C(=C/C=C/c1ccccc1)NC(=O)c1ccccc1. The van der Waals surface area contributed by atoms with Crippen LogP contribution in [-0.4, -0.2) is 37.2 Å². The first kappa shape index (κ1) is 26.6. The summed E-state index contributed by atoms with van der Waals surface area (Å²) in [5.74, 6) is -1.15. The zero-order valence-electron chi connectivity index (χ0n) is 20.3. The summed E-state index contributed by atoms with van der Waals surface area (Å²) in [5.41, 5.74) is 4.30. The van der Waals surface area contributed by atoms with Crippen LogP contribution < -0.4 is 15.5 Å². The molecule has 0 saturated carbocycles. The highest BCUT2D eigenvalue weighted by atomic mass is 16.6. The van der Waals surface area contributed by atoms with Gasteiger partial charge < -0.3 is 14.8 Å². The molecule has 0 saturated heterocycles. The molecule has 0 heterocycles. The van der Waals surface area contributed by atoms with E-state index in [0.717, 1.165) is 5.56 Å². The van der Waals surface area contributed by atoms with Gasteiger partial charge in [0.15, 0.2) is 6.61 Å². The molecule has 0 fully saturated rings. The van der Waals surface area contributed by atoms with Gasteiger partial charge in [-0.25, -0.2) is 10.2 Å². The number of carbonyl (C=O) groups excluding carboxylic acids is 3. The van der Waals surface area contributed by atoms with Crippen LogP contribution >= 0.6 is 0 Å². The summed E-state index contributed by atoms with van der Waals surface area (Å²) in [5, 5.41) is 6.63. The third kappa shape index (κ3) is 8.95. The molecule has 0 spiro atoms. The number of hydrazone groups is 1. The van der Waals surface area contributed by atoms with Crippen LogP contribution in [0.5, 0.6) is 5.75 Å². The van der Waals surface area contributed by atoms with Gasteiger partial charge in [0, 0.05) is 11.1 Å². The Morgan fingerprint density at radius 3 is 2.30 bits per heavy atom. The Morgan fingerprint density at radius 1 is 0.892 bits per heavy atom. The van der Waals surface area contributed by atoms with E-state index in [9.17, 15) is 14.4 Å². The molecule has 3 aromatic carbocycles. The summed E-state index contributed by atoms with van der Waals surface area (Å²) in [6.07, 6.45) is 6.35. The monoisotopic (exact) mass is 497 g/mol. The predicted octanol–water partition coefficient (Wildman–Crippen LogP) is 4.11. The number of nitrogens with zero attached hydrogens (tertiary/aromatic N) is 1. The van der Waals surface area contributed by atoms with Crippen LogP contribution in [0.3, 0.4) is 0 Å². The number of hydrogen-bond acceptors (Lipinski definition) is 6. The molecule has 0 bridgehead atoms. The Labute approximate surface area is 215 Å². The molecule has 3 aromatic rings. The van der Waals surface area contributed by atoms with E-state index in [2.05, 4.69) is 15.8 Å². The molecule has 2 amide bonds. The van der Waals surface area contributed by atoms with E-state index in [1.807, 2.05) is 36.4 Å². The Kier molecular flexibility index (Phi) is 10.4. The molecular weight excluding hydrogens is 470 g/mol. The maximum atomic E-state index is 12.9. The quantitative estimate of drug-likeness (QED) is 0.136. The van der Waals surface area contributed by atoms with E-state index in [-0.39, 0.29) is 18.9 Å².